The van der Waals surface area contributed by atoms with Gasteiger partial charge in [0.1, 0.15) is 35.3 Å². The van der Waals surface area contributed by atoms with E-state index in [0.717, 1.165) is 16.1 Å². The molecule has 2 heterocycles. The highest BCUT2D eigenvalue weighted by atomic mass is 35.5. The molecule has 4 rings (SSSR count). The highest BCUT2D eigenvalue weighted by Crippen LogP contribution is 2.31. The van der Waals surface area contributed by atoms with Crippen molar-refractivity contribution in [2.24, 2.45) is 0 Å². The Hall–Kier alpha value is -3.29. The number of hydrogen-bond donors (Lipinski definition) is 1. The molecule has 6 nitrogen and oxygen atoms in total. The van der Waals surface area contributed by atoms with Gasteiger partial charge in [0.25, 0.3) is 5.91 Å². The normalized spacial score (nSPS) is 14.8. The molecule has 1 aliphatic heterocycles. The molecule has 8 heteroatoms. The van der Waals surface area contributed by atoms with Crippen LogP contribution >= 0.6 is 23.8 Å². The number of carbonyl (C=O) groups is 1. The first-order valence-corrected chi connectivity index (χ1v) is 10.6. The minimum Gasteiger partial charge on any atom is -0.495 e. The zero-order valence-electron chi connectivity index (χ0n) is 17.8. The number of thiocarbonyl (C=S) groups is 1. The van der Waals surface area contributed by atoms with Crippen LogP contribution in [0.3, 0.4) is 0 Å². The number of nitrogens with one attached hydrogen (secondary N) is 1. The van der Waals surface area contributed by atoms with E-state index in [9.17, 15) is 4.79 Å². The SMILES string of the molecule is COc1ccccc1N1C(=O)/C(=C\c2ccc(COc3cc(C)c(Cl)c(C)c3)o2)NC1=S. The lowest BCUT2D eigenvalue weighted by Crippen LogP contribution is -2.30. The number of benzene rings is 2. The molecule has 0 saturated carbocycles. The van der Waals surface area contributed by atoms with Crippen LogP contribution in [0, 0.1) is 13.8 Å². The van der Waals surface area contributed by atoms with E-state index in [4.69, 9.17) is 37.7 Å². The third-order valence-electron chi connectivity index (χ3n) is 4.96. The Kier molecular flexibility index (Phi) is 6.21. The molecule has 3 aromatic rings. The largest absolute Gasteiger partial charge is 0.495 e. The van der Waals surface area contributed by atoms with Gasteiger partial charge in [0, 0.05) is 11.1 Å². The number of hydrogen-bond acceptors (Lipinski definition) is 5. The summed E-state index contributed by atoms with van der Waals surface area (Å²) in [4.78, 5) is 14.4. The summed E-state index contributed by atoms with van der Waals surface area (Å²) >= 11 is 11.6. The maximum atomic E-state index is 13.0. The van der Waals surface area contributed by atoms with Gasteiger partial charge in [-0.25, -0.2) is 4.90 Å². The van der Waals surface area contributed by atoms with Crippen LogP contribution in [-0.2, 0) is 11.4 Å². The molecule has 0 unspecified atom stereocenters. The third kappa shape index (κ3) is 4.35. The average Bonchev–Trinajstić information content (AvgIpc) is 3.34. The van der Waals surface area contributed by atoms with E-state index in [1.54, 1.807) is 37.5 Å². The summed E-state index contributed by atoms with van der Waals surface area (Å²) in [6.07, 6.45) is 1.62. The number of furan rings is 1. The van der Waals surface area contributed by atoms with E-state index < -0.39 is 0 Å². The maximum absolute atomic E-state index is 13.0. The molecule has 2 aromatic carbocycles. The van der Waals surface area contributed by atoms with Crippen LogP contribution in [0.4, 0.5) is 5.69 Å². The fourth-order valence-electron chi connectivity index (χ4n) is 3.40. The van der Waals surface area contributed by atoms with Crippen LogP contribution in [0.15, 0.2) is 58.6 Å². The van der Waals surface area contributed by atoms with Crippen molar-refractivity contribution >= 4 is 46.6 Å². The van der Waals surface area contributed by atoms with Crippen molar-refractivity contribution in [3.63, 3.8) is 0 Å². The summed E-state index contributed by atoms with van der Waals surface area (Å²) in [5.41, 5.74) is 2.79. The maximum Gasteiger partial charge on any atom is 0.281 e. The second kappa shape index (κ2) is 9.06. The van der Waals surface area contributed by atoms with Gasteiger partial charge in [-0.05, 0) is 73.6 Å². The van der Waals surface area contributed by atoms with Gasteiger partial charge < -0.3 is 19.2 Å². The lowest BCUT2D eigenvalue weighted by molar-refractivity contribution is -0.113. The van der Waals surface area contributed by atoms with E-state index in [1.807, 2.05) is 38.1 Å². The van der Waals surface area contributed by atoms with Crippen molar-refractivity contribution in [3.05, 3.63) is 81.9 Å². The molecule has 1 aliphatic rings. The standard InChI is InChI=1S/C24H21ClN2O4S/c1-14-10-18(11-15(2)22(14)25)30-13-17-9-8-16(31-17)12-19-23(28)27(24(32)26-19)20-6-4-5-7-21(20)29-3/h4-12H,13H2,1-3H3,(H,26,32)/b19-12+. The molecule has 1 N–H and O–H groups in total. The number of para-hydroxylation sites is 2. The van der Waals surface area contributed by atoms with Crippen molar-refractivity contribution in [3.8, 4) is 11.5 Å². The van der Waals surface area contributed by atoms with Gasteiger partial charge in [-0.1, -0.05) is 23.7 Å². The van der Waals surface area contributed by atoms with E-state index in [0.29, 0.717) is 34.4 Å². The number of aryl methyl sites for hydroxylation is 2. The smallest absolute Gasteiger partial charge is 0.281 e. The molecule has 0 aliphatic carbocycles. The van der Waals surface area contributed by atoms with E-state index >= 15 is 0 Å². The van der Waals surface area contributed by atoms with E-state index in [2.05, 4.69) is 5.32 Å². The highest BCUT2D eigenvalue weighted by Gasteiger charge is 2.33. The Balaban J connectivity index is 1.48. The third-order valence-corrected chi connectivity index (χ3v) is 5.85. The quantitative estimate of drug-likeness (QED) is 0.386. The monoisotopic (exact) mass is 468 g/mol. The van der Waals surface area contributed by atoms with Gasteiger partial charge in [0.05, 0.1) is 12.8 Å². The zero-order valence-corrected chi connectivity index (χ0v) is 19.3. The molecule has 0 bridgehead atoms. The predicted octanol–water partition coefficient (Wildman–Crippen LogP) is 5.40. The molecule has 0 radical (unpaired) electrons. The topological polar surface area (TPSA) is 63.9 Å². The average molecular weight is 469 g/mol. The number of nitrogens with zero attached hydrogens (tertiary/aromatic N) is 1. The number of carbonyl (C=O) groups excluding carboxylic acids is 1. The Morgan fingerprint density at radius 3 is 2.59 bits per heavy atom. The minimum atomic E-state index is -0.291. The van der Waals surface area contributed by atoms with Crippen molar-refractivity contribution < 1.29 is 18.7 Å². The van der Waals surface area contributed by atoms with Crippen LogP contribution in [0.25, 0.3) is 6.08 Å². The second-order valence-electron chi connectivity index (χ2n) is 7.26. The summed E-state index contributed by atoms with van der Waals surface area (Å²) in [5.74, 6) is 2.10. The Labute approximate surface area is 196 Å². The number of halogens is 1. The number of methoxy groups -OCH3 is 1. The van der Waals surface area contributed by atoms with Crippen molar-refractivity contribution in [2.45, 2.75) is 20.5 Å². The van der Waals surface area contributed by atoms with Crippen LogP contribution in [0.1, 0.15) is 22.6 Å². The number of amides is 1. The van der Waals surface area contributed by atoms with Gasteiger partial charge in [-0.2, -0.15) is 0 Å². The van der Waals surface area contributed by atoms with Crippen molar-refractivity contribution in [1.82, 2.24) is 5.32 Å². The van der Waals surface area contributed by atoms with E-state index in [1.165, 1.54) is 4.90 Å². The number of rotatable bonds is 6. The summed E-state index contributed by atoms with van der Waals surface area (Å²) < 4.78 is 17.0. The van der Waals surface area contributed by atoms with Crippen LogP contribution in [-0.4, -0.2) is 18.1 Å². The van der Waals surface area contributed by atoms with Crippen LogP contribution in [0.2, 0.25) is 5.02 Å². The van der Waals surface area contributed by atoms with Gasteiger partial charge in [-0.3, -0.25) is 4.79 Å². The molecule has 1 saturated heterocycles. The first-order chi connectivity index (χ1) is 15.4. The van der Waals surface area contributed by atoms with Crippen LogP contribution in [0.5, 0.6) is 11.5 Å². The van der Waals surface area contributed by atoms with Crippen molar-refractivity contribution in [2.75, 3.05) is 12.0 Å². The summed E-state index contributed by atoms with van der Waals surface area (Å²) in [6, 6.07) is 14.5. The number of ether oxygens (including phenoxy) is 2. The fraction of sp³-hybridized carbons (Fsp3) is 0.167. The fourth-order valence-corrected chi connectivity index (χ4v) is 3.80. The van der Waals surface area contributed by atoms with Gasteiger partial charge in [-0.15, -0.1) is 0 Å². The molecular formula is C24H21ClN2O4S. The van der Waals surface area contributed by atoms with Gasteiger partial charge >= 0.3 is 0 Å². The summed E-state index contributed by atoms with van der Waals surface area (Å²) in [7, 11) is 1.55. The van der Waals surface area contributed by atoms with Crippen LogP contribution < -0.4 is 19.7 Å². The van der Waals surface area contributed by atoms with Gasteiger partial charge in [0.15, 0.2) is 5.11 Å². The van der Waals surface area contributed by atoms with Gasteiger partial charge in [0.2, 0.25) is 0 Å². The zero-order chi connectivity index (χ0) is 22.8. The predicted molar refractivity (Wildman–Crippen MR) is 128 cm³/mol. The molecular weight excluding hydrogens is 448 g/mol. The Morgan fingerprint density at radius 1 is 1.16 bits per heavy atom. The molecule has 164 valence electrons. The molecule has 1 amide bonds. The lowest BCUT2D eigenvalue weighted by Gasteiger charge is -2.17. The molecule has 0 atom stereocenters. The molecule has 1 aromatic heterocycles. The Morgan fingerprint density at radius 2 is 1.88 bits per heavy atom. The minimum absolute atomic E-state index is 0.247. The number of anilines is 1. The van der Waals surface area contributed by atoms with Crippen molar-refractivity contribution in [1.29, 1.82) is 0 Å². The molecule has 1 fully saturated rings. The first-order valence-electron chi connectivity index (χ1n) is 9.86. The summed E-state index contributed by atoms with van der Waals surface area (Å²) in [5, 5.41) is 3.95. The molecule has 0 spiro atoms. The van der Waals surface area contributed by atoms with E-state index in [-0.39, 0.29) is 17.6 Å². The molecule has 32 heavy (non-hydrogen) atoms. The highest BCUT2D eigenvalue weighted by molar-refractivity contribution is 7.80. The summed E-state index contributed by atoms with van der Waals surface area (Å²) in [6.45, 7) is 4.12. The second-order valence-corrected chi connectivity index (χ2v) is 8.03. The first kappa shape index (κ1) is 21.9. The Bertz CT molecular complexity index is 1210. The lowest BCUT2D eigenvalue weighted by atomic mass is 10.1.